The van der Waals surface area contributed by atoms with E-state index in [0.29, 0.717) is 30.4 Å². The summed E-state index contributed by atoms with van der Waals surface area (Å²) in [5, 5.41) is 3.34. The van der Waals surface area contributed by atoms with Crippen molar-refractivity contribution in [2.75, 3.05) is 31.9 Å². The van der Waals surface area contributed by atoms with Gasteiger partial charge >= 0.3 is 0 Å². The van der Waals surface area contributed by atoms with Gasteiger partial charge in [-0.15, -0.1) is 0 Å². The molecule has 0 bridgehead atoms. The number of hydrogen-bond acceptors (Lipinski definition) is 4. The Kier molecular flexibility index (Phi) is 6.93. The van der Waals surface area contributed by atoms with Crippen LogP contribution in [-0.4, -0.2) is 58.8 Å². The molecule has 130 valence electrons. The second-order valence-electron chi connectivity index (χ2n) is 5.35. The Morgan fingerprint density at radius 2 is 2.04 bits per heavy atom. The van der Waals surface area contributed by atoms with Gasteiger partial charge in [-0.05, 0) is 24.6 Å². The standard InChI is InChI=1S/C16H20ClN3O3S/c1-2-19(15(22)11-20-7-8-24-16(20)23)10-14(21)18-9-12-3-5-13(17)6-4-12/h3-6H,2,7-11H2,1H3,(H,18,21). The maximum Gasteiger partial charge on any atom is 0.282 e. The summed E-state index contributed by atoms with van der Waals surface area (Å²) in [5.41, 5.74) is 0.932. The van der Waals surface area contributed by atoms with Crippen molar-refractivity contribution in [1.29, 1.82) is 0 Å². The maximum atomic E-state index is 12.3. The van der Waals surface area contributed by atoms with Crippen molar-refractivity contribution in [1.82, 2.24) is 15.1 Å². The molecule has 1 aromatic rings. The lowest BCUT2D eigenvalue weighted by atomic mass is 10.2. The molecular weight excluding hydrogens is 350 g/mol. The molecule has 1 N–H and O–H groups in total. The first kappa shape index (κ1) is 18.6. The molecule has 1 saturated heterocycles. The van der Waals surface area contributed by atoms with Crippen molar-refractivity contribution < 1.29 is 14.4 Å². The second-order valence-corrected chi connectivity index (χ2v) is 6.83. The quantitative estimate of drug-likeness (QED) is 0.797. The van der Waals surface area contributed by atoms with Crippen LogP contribution in [0, 0.1) is 0 Å². The molecule has 1 heterocycles. The van der Waals surface area contributed by atoms with Gasteiger partial charge in [-0.1, -0.05) is 35.5 Å². The average Bonchev–Trinajstić information content (AvgIpc) is 2.97. The molecule has 1 aliphatic heterocycles. The molecule has 0 aliphatic carbocycles. The lowest BCUT2D eigenvalue weighted by Crippen LogP contribution is -2.45. The normalized spacial score (nSPS) is 13.9. The van der Waals surface area contributed by atoms with Gasteiger partial charge < -0.3 is 15.1 Å². The molecule has 1 aliphatic rings. The lowest BCUT2D eigenvalue weighted by Gasteiger charge is -2.23. The van der Waals surface area contributed by atoms with Gasteiger partial charge in [0.25, 0.3) is 5.24 Å². The maximum absolute atomic E-state index is 12.3. The smallest absolute Gasteiger partial charge is 0.282 e. The minimum absolute atomic E-state index is 0.0158. The molecule has 0 spiro atoms. The fourth-order valence-electron chi connectivity index (χ4n) is 2.24. The van der Waals surface area contributed by atoms with Crippen molar-refractivity contribution in [3.05, 3.63) is 34.9 Å². The van der Waals surface area contributed by atoms with Gasteiger partial charge in [-0.2, -0.15) is 0 Å². The molecule has 24 heavy (non-hydrogen) atoms. The number of hydrogen-bond donors (Lipinski definition) is 1. The van der Waals surface area contributed by atoms with Gasteiger partial charge in [0.2, 0.25) is 11.8 Å². The third-order valence-electron chi connectivity index (χ3n) is 3.64. The van der Waals surface area contributed by atoms with Crippen LogP contribution in [0.25, 0.3) is 0 Å². The number of amides is 3. The first-order valence-corrected chi connectivity index (χ1v) is 9.06. The van der Waals surface area contributed by atoms with Crippen LogP contribution >= 0.6 is 23.4 Å². The van der Waals surface area contributed by atoms with Crippen LogP contribution < -0.4 is 5.32 Å². The molecule has 0 saturated carbocycles. The predicted octanol–water partition coefficient (Wildman–Crippen LogP) is 1.97. The Morgan fingerprint density at radius 3 is 2.62 bits per heavy atom. The van der Waals surface area contributed by atoms with Crippen molar-refractivity contribution >= 4 is 40.4 Å². The van der Waals surface area contributed by atoms with E-state index >= 15 is 0 Å². The molecular formula is C16H20ClN3O3S. The number of thioether (sulfide) groups is 1. The van der Waals surface area contributed by atoms with E-state index in [2.05, 4.69) is 5.32 Å². The third kappa shape index (κ3) is 5.42. The van der Waals surface area contributed by atoms with E-state index in [-0.39, 0.29) is 30.1 Å². The van der Waals surface area contributed by atoms with Crippen molar-refractivity contribution in [2.45, 2.75) is 13.5 Å². The highest BCUT2D eigenvalue weighted by Gasteiger charge is 2.25. The Balaban J connectivity index is 1.80. The topological polar surface area (TPSA) is 69.7 Å². The highest BCUT2D eigenvalue weighted by Crippen LogP contribution is 2.16. The van der Waals surface area contributed by atoms with Crippen LogP contribution in [0.15, 0.2) is 24.3 Å². The van der Waals surface area contributed by atoms with Gasteiger partial charge in [0.15, 0.2) is 0 Å². The molecule has 0 atom stereocenters. The third-order valence-corrected chi connectivity index (χ3v) is 4.79. The minimum Gasteiger partial charge on any atom is -0.350 e. The summed E-state index contributed by atoms with van der Waals surface area (Å²) in [6, 6.07) is 7.19. The van der Waals surface area contributed by atoms with Gasteiger partial charge in [-0.3, -0.25) is 14.4 Å². The van der Waals surface area contributed by atoms with E-state index in [0.717, 1.165) is 5.56 Å². The van der Waals surface area contributed by atoms with Crippen molar-refractivity contribution in [3.63, 3.8) is 0 Å². The molecule has 3 amide bonds. The summed E-state index contributed by atoms with van der Waals surface area (Å²) in [7, 11) is 0. The molecule has 0 unspecified atom stereocenters. The first-order chi connectivity index (χ1) is 11.5. The number of carbonyl (C=O) groups is 3. The highest BCUT2D eigenvalue weighted by atomic mass is 35.5. The van der Waals surface area contributed by atoms with Crippen LogP contribution in [-0.2, 0) is 16.1 Å². The highest BCUT2D eigenvalue weighted by molar-refractivity contribution is 8.13. The number of likely N-dealkylation sites (N-methyl/N-ethyl adjacent to an activating group) is 1. The van der Waals surface area contributed by atoms with E-state index in [1.165, 1.54) is 21.6 Å². The molecule has 6 nitrogen and oxygen atoms in total. The summed E-state index contributed by atoms with van der Waals surface area (Å²) in [6.07, 6.45) is 0. The Hall–Kier alpha value is -1.73. The van der Waals surface area contributed by atoms with E-state index in [4.69, 9.17) is 11.6 Å². The van der Waals surface area contributed by atoms with Crippen LogP contribution in [0.2, 0.25) is 5.02 Å². The number of nitrogens with zero attached hydrogens (tertiary/aromatic N) is 2. The predicted molar refractivity (Wildman–Crippen MR) is 95.0 cm³/mol. The summed E-state index contributed by atoms with van der Waals surface area (Å²) >= 11 is 7.03. The number of nitrogens with one attached hydrogen (secondary N) is 1. The van der Waals surface area contributed by atoms with Gasteiger partial charge in [0, 0.05) is 30.4 Å². The first-order valence-electron chi connectivity index (χ1n) is 7.70. The summed E-state index contributed by atoms with van der Waals surface area (Å²) in [5.74, 6) is 0.261. The van der Waals surface area contributed by atoms with Gasteiger partial charge in [0.05, 0.1) is 6.54 Å². The Labute approximate surface area is 150 Å². The molecule has 1 aromatic carbocycles. The lowest BCUT2D eigenvalue weighted by molar-refractivity contribution is -0.136. The molecule has 8 heteroatoms. The van der Waals surface area contributed by atoms with Gasteiger partial charge in [-0.25, -0.2) is 0 Å². The molecule has 0 aromatic heterocycles. The average molecular weight is 370 g/mol. The number of rotatable bonds is 7. The number of carbonyl (C=O) groups excluding carboxylic acids is 3. The zero-order valence-corrected chi connectivity index (χ0v) is 15.0. The van der Waals surface area contributed by atoms with E-state index in [9.17, 15) is 14.4 Å². The molecule has 2 rings (SSSR count). The van der Waals surface area contributed by atoms with Crippen LogP contribution in [0.1, 0.15) is 12.5 Å². The monoisotopic (exact) mass is 369 g/mol. The molecule has 0 radical (unpaired) electrons. The number of halogens is 1. The summed E-state index contributed by atoms with van der Waals surface area (Å²) in [6.45, 7) is 3.20. The largest absolute Gasteiger partial charge is 0.350 e. The zero-order valence-electron chi connectivity index (χ0n) is 13.5. The zero-order chi connectivity index (χ0) is 17.5. The van der Waals surface area contributed by atoms with Crippen molar-refractivity contribution in [3.8, 4) is 0 Å². The SMILES string of the molecule is CCN(CC(=O)NCc1ccc(Cl)cc1)C(=O)CN1CCSC1=O. The van der Waals surface area contributed by atoms with Crippen LogP contribution in [0.5, 0.6) is 0 Å². The Bertz CT molecular complexity index is 609. The minimum atomic E-state index is -0.234. The fourth-order valence-corrected chi connectivity index (χ4v) is 3.19. The number of benzene rings is 1. The van der Waals surface area contributed by atoms with E-state index < -0.39 is 0 Å². The fraction of sp³-hybridized carbons (Fsp3) is 0.438. The Morgan fingerprint density at radius 1 is 1.33 bits per heavy atom. The summed E-state index contributed by atoms with van der Waals surface area (Å²) in [4.78, 5) is 38.8. The van der Waals surface area contributed by atoms with E-state index in [1.54, 1.807) is 12.1 Å². The second kappa shape index (κ2) is 8.94. The van der Waals surface area contributed by atoms with E-state index in [1.807, 2.05) is 19.1 Å². The van der Waals surface area contributed by atoms with Crippen LogP contribution in [0.4, 0.5) is 4.79 Å². The van der Waals surface area contributed by atoms with Gasteiger partial charge in [0.1, 0.15) is 6.54 Å². The van der Waals surface area contributed by atoms with Crippen molar-refractivity contribution in [2.24, 2.45) is 0 Å². The van der Waals surface area contributed by atoms with Crippen LogP contribution in [0.3, 0.4) is 0 Å². The molecule has 1 fully saturated rings. The summed E-state index contributed by atoms with van der Waals surface area (Å²) < 4.78 is 0.